The Morgan fingerprint density at radius 3 is 0.824 bits per heavy atom. The van der Waals surface area contributed by atoms with Gasteiger partial charge in [0.2, 0.25) is 0 Å². The summed E-state index contributed by atoms with van der Waals surface area (Å²) < 4.78 is 0. The fraction of sp³-hybridized carbons (Fsp3) is 1.00. The Labute approximate surface area is 111 Å². The van der Waals surface area contributed by atoms with Crippen molar-refractivity contribution in [2.75, 3.05) is 39.3 Å². The maximum absolute atomic E-state index is 3.28. The lowest BCUT2D eigenvalue weighted by molar-refractivity contribution is 0.520. The lowest BCUT2D eigenvalue weighted by atomic mass is 10.2. The number of hydrogen-bond acceptors (Lipinski definition) is 4. The van der Waals surface area contributed by atoms with E-state index in [0.29, 0.717) is 0 Å². The van der Waals surface area contributed by atoms with Crippen molar-refractivity contribution in [1.29, 1.82) is 0 Å². The molecule has 17 heavy (non-hydrogen) atoms. The third kappa shape index (κ3) is 21.6. The number of hydrogen-bond donors (Lipinski definition) is 4. The van der Waals surface area contributed by atoms with Gasteiger partial charge >= 0.3 is 0 Å². The van der Waals surface area contributed by atoms with Crippen molar-refractivity contribution in [2.24, 2.45) is 0 Å². The van der Waals surface area contributed by atoms with Crippen LogP contribution in [0.3, 0.4) is 0 Å². The van der Waals surface area contributed by atoms with Crippen LogP contribution in [-0.2, 0) is 0 Å². The molecule has 0 amide bonds. The molecule has 0 spiro atoms. The van der Waals surface area contributed by atoms with Crippen LogP contribution in [0.25, 0.3) is 0 Å². The van der Waals surface area contributed by atoms with E-state index in [1.807, 2.05) is 0 Å². The summed E-state index contributed by atoms with van der Waals surface area (Å²) in [7, 11) is 0. The van der Waals surface area contributed by atoms with Crippen molar-refractivity contribution in [3.05, 3.63) is 0 Å². The monoisotopic (exact) mass is 252 g/mol. The van der Waals surface area contributed by atoms with Crippen LogP contribution in [0.15, 0.2) is 0 Å². The highest BCUT2D eigenvalue weighted by molar-refractivity contribution is 4.59. The first kappa shape index (κ1) is 30.1. The number of piperazine rings is 1. The fourth-order valence-electron chi connectivity index (χ4n) is 1.41. The molecule has 2 saturated heterocycles. The predicted octanol–water partition coefficient (Wildman–Crippen LogP) is 2.65. The highest BCUT2D eigenvalue weighted by Crippen LogP contribution is 1.96. The second-order valence-electron chi connectivity index (χ2n) is 3.31. The lowest BCUT2D eigenvalue weighted by Crippen LogP contribution is -2.39. The van der Waals surface area contributed by atoms with Crippen LogP contribution >= 0.6 is 0 Å². The molecule has 0 atom stereocenters. The van der Waals surface area contributed by atoms with Gasteiger partial charge < -0.3 is 22.1 Å². The predicted molar refractivity (Wildman–Crippen MR) is 84.4 cm³/mol. The molecule has 0 aliphatic carbocycles. The second-order valence-corrected chi connectivity index (χ2v) is 3.31. The summed E-state index contributed by atoms with van der Waals surface area (Å²) in [5.41, 5.74) is 0. The van der Waals surface area contributed by atoms with Crippen molar-refractivity contribution in [1.82, 2.24) is 22.1 Å². The topological polar surface area (TPSA) is 71.1 Å². The Bertz CT molecular complexity index is 56.4. The summed E-state index contributed by atoms with van der Waals surface area (Å²) in [6.45, 7) is 7.06. The van der Waals surface area contributed by atoms with E-state index < -0.39 is 0 Å². The first-order valence-corrected chi connectivity index (χ1v) is 5.12. The molecule has 0 bridgehead atoms. The molecule has 2 fully saturated rings. The van der Waals surface area contributed by atoms with Crippen LogP contribution in [0.2, 0.25) is 0 Å². The van der Waals surface area contributed by atoms with Gasteiger partial charge in [-0.3, -0.25) is 0 Å². The molecule has 0 saturated carbocycles. The molecule has 2 aliphatic heterocycles. The van der Waals surface area contributed by atoms with Crippen LogP contribution in [-0.4, -0.2) is 39.3 Å². The van der Waals surface area contributed by atoms with E-state index in [4.69, 9.17) is 0 Å². The van der Waals surface area contributed by atoms with Crippen molar-refractivity contribution < 1.29 is 0 Å². The molecule has 4 heteroatoms. The highest BCUT2D eigenvalue weighted by Gasteiger charge is 1.93. The lowest BCUT2D eigenvalue weighted by Gasteiger charge is -2.11. The van der Waals surface area contributed by atoms with Crippen LogP contribution in [0.1, 0.15) is 49.0 Å². The Morgan fingerprint density at radius 2 is 0.706 bits per heavy atom. The summed E-state index contributed by atoms with van der Waals surface area (Å²) in [5.74, 6) is 0. The molecule has 112 valence electrons. The zero-order chi connectivity index (χ0) is 8.49. The summed E-state index contributed by atoms with van der Waals surface area (Å²) >= 11 is 0. The van der Waals surface area contributed by atoms with Crippen LogP contribution in [0.5, 0.6) is 0 Å². The molecule has 2 heterocycles. The van der Waals surface area contributed by atoms with Crippen LogP contribution in [0.4, 0.5) is 0 Å². The molecular formula is C13H40N4. The highest BCUT2D eigenvalue weighted by atomic mass is 15.0. The fourth-order valence-corrected chi connectivity index (χ4v) is 1.41. The minimum absolute atomic E-state index is 0. The number of rotatable bonds is 0. The average molecular weight is 252 g/mol. The first-order chi connectivity index (χ1) is 6.00. The Balaban J connectivity index is -0.0000000436. The number of piperidine rings is 1. The van der Waals surface area contributed by atoms with Gasteiger partial charge in [0, 0.05) is 26.2 Å². The minimum Gasteiger partial charge on any atom is -0.344 e. The zero-order valence-electron chi connectivity index (χ0n) is 8.57. The maximum Gasteiger partial charge on any atom is 0.00772 e. The normalized spacial score (nSPS) is 16.9. The molecular weight excluding hydrogens is 212 g/mol. The van der Waals surface area contributed by atoms with E-state index in [-0.39, 0.29) is 35.9 Å². The largest absolute Gasteiger partial charge is 0.344 e. The van der Waals surface area contributed by atoms with Gasteiger partial charge in [0.15, 0.2) is 0 Å². The Kier molecular flexibility index (Phi) is 44.1. The summed E-state index contributed by atoms with van der Waals surface area (Å²) in [6.07, 6.45) is 4.22. The second kappa shape index (κ2) is 24.9. The molecule has 0 aromatic rings. The van der Waals surface area contributed by atoms with E-state index in [9.17, 15) is 0 Å². The summed E-state index contributed by atoms with van der Waals surface area (Å²) in [5, 5.41) is 9.73. The van der Waals surface area contributed by atoms with Crippen molar-refractivity contribution in [2.45, 2.75) is 49.0 Å². The van der Waals surface area contributed by atoms with Crippen molar-refractivity contribution in [3.63, 3.8) is 0 Å². The smallest absolute Gasteiger partial charge is 0.00772 e. The number of nitrogens with one attached hydrogen (secondary N) is 3. The van der Waals surface area contributed by atoms with Crippen LogP contribution < -0.4 is 22.1 Å². The van der Waals surface area contributed by atoms with E-state index in [0.717, 1.165) is 26.2 Å². The van der Waals surface area contributed by atoms with Gasteiger partial charge in [-0.25, -0.2) is 0 Å². The molecule has 4 nitrogen and oxygen atoms in total. The van der Waals surface area contributed by atoms with Gasteiger partial charge in [-0.1, -0.05) is 36.1 Å². The van der Waals surface area contributed by atoms with Gasteiger partial charge in [0.05, 0.1) is 0 Å². The SMILES string of the molecule is C.C.C.C.C1CCNCC1.C1CNCCN1.N. The van der Waals surface area contributed by atoms with Gasteiger partial charge in [-0.15, -0.1) is 0 Å². The molecule has 2 aliphatic rings. The third-order valence-corrected chi connectivity index (χ3v) is 2.16. The molecule has 2 rings (SSSR count). The van der Waals surface area contributed by atoms with E-state index in [1.165, 1.54) is 32.4 Å². The zero-order valence-corrected chi connectivity index (χ0v) is 8.57. The minimum atomic E-state index is 0. The van der Waals surface area contributed by atoms with E-state index in [1.54, 1.807) is 0 Å². The third-order valence-electron chi connectivity index (χ3n) is 2.16. The standard InChI is InChI=1S/C5H11N.C4H10N2.4CH4.H3N/c1-2-4-6-5-3-1;1-2-6-4-3-5-1;;;;;/h6H,1-5H2;5-6H,1-4H2;4*1H4;1H3. The van der Waals surface area contributed by atoms with Gasteiger partial charge in [-0.05, 0) is 25.9 Å². The van der Waals surface area contributed by atoms with Gasteiger partial charge in [0.1, 0.15) is 0 Å². The maximum atomic E-state index is 3.28. The van der Waals surface area contributed by atoms with Crippen molar-refractivity contribution >= 4 is 0 Å². The van der Waals surface area contributed by atoms with E-state index in [2.05, 4.69) is 16.0 Å². The molecule has 0 aromatic heterocycles. The van der Waals surface area contributed by atoms with Crippen LogP contribution in [0, 0.1) is 0 Å². The summed E-state index contributed by atoms with van der Waals surface area (Å²) in [6, 6.07) is 0. The average Bonchev–Trinajstić information content (AvgIpc) is 2.24. The first-order valence-electron chi connectivity index (χ1n) is 5.12. The molecule has 0 radical (unpaired) electrons. The molecule has 0 aromatic carbocycles. The Morgan fingerprint density at radius 1 is 0.412 bits per heavy atom. The quantitative estimate of drug-likeness (QED) is 0.535. The summed E-state index contributed by atoms with van der Waals surface area (Å²) in [4.78, 5) is 0. The molecule has 0 unspecified atom stereocenters. The van der Waals surface area contributed by atoms with Crippen molar-refractivity contribution in [3.8, 4) is 0 Å². The Hall–Kier alpha value is -0.160. The van der Waals surface area contributed by atoms with Gasteiger partial charge in [0.25, 0.3) is 0 Å². The van der Waals surface area contributed by atoms with Gasteiger partial charge in [-0.2, -0.15) is 0 Å². The molecule has 6 N–H and O–H groups in total. The van der Waals surface area contributed by atoms with E-state index >= 15 is 0 Å².